The fourth-order valence-corrected chi connectivity index (χ4v) is 3.76. The van der Waals surface area contributed by atoms with E-state index in [4.69, 9.17) is 0 Å². The highest BCUT2D eigenvalue weighted by Gasteiger charge is 2.24. The predicted molar refractivity (Wildman–Crippen MR) is 104 cm³/mol. The van der Waals surface area contributed by atoms with Crippen LogP contribution in [-0.4, -0.2) is 38.8 Å². The van der Waals surface area contributed by atoms with Crippen molar-refractivity contribution in [3.8, 4) is 0 Å². The molecule has 0 aliphatic carbocycles. The Hall–Kier alpha value is -3.02. The zero-order valence-electron chi connectivity index (χ0n) is 15.8. The van der Waals surface area contributed by atoms with E-state index in [9.17, 15) is 9.59 Å². The lowest BCUT2D eigenvalue weighted by atomic mass is 10.0. The third-order valence-corrected chi connectivity index (χ3v) is 5.08. The van der Waals surface area contributed by atoms with Gasteiger partial charge in [-0.15, -0.1) is 0 Å². The molecule has 3 aromatic rings. The maximum Gasteiger partial charge on any atom is 0.254 e. The Morgan fingerprint density at radius 3 is 2.67 bits per heavy atom. The summed E-state index contributed by atoms with van der Waals surface area (Å²) in [6, 6.07) is 7.83. The molecule has 27 heavy (non-hydrogen) atoms. The number of fused-ring (bicyclic) bond motifs is 2. The summed E-state index contributed by atoms with van der Waals surface area (Å²) in [6.07, 6.45) is 1.11. The number of amides is 1. The summed E-state index contributed by atoms with van der Waals surface area (Å²) in [5.41, 5.74) is 4.83. The standard InChI is InChI=1S/C21H22N4O2/c1-12-4-5-18-16(10-12)17(11-13(2)22-18)21(27)25-8-6-15-19(7-9-25)23-14(3)24-20(15)26/h4-5,10-11H,6-9H2,1-3H3,(H,23,24,26). The van der Waals surface area contributed by atoms with Gasteiger partial charge in [0.15, 0.2) is 0 Å². The van der Waals surface area contributed by atoms with Crippen LogP contribution in [0.3, 0.4) is 0 Å². The van der Waals surface area contributed by atoms with Crippen LogP contribution in [0.4, 0.5) is 0 Å². The van der Waals surface area contributed by atoms with Gasteiger partial charge in [-0.1, -0.05) is 11.6 Å². The average Bonchev–Trinajstić information content (AvgIpc) is 2.83. The van der Waals surface area contributed by atoms with Crippen LogP contribution in [0.2, 0.25) is 0 Å². The third kappa shape index (κ3) is 3.23. The molecule has 4 rings (SSSR count). The summed E-state index contributed by atoms with van der Waals surface area (Å²) in [7, 11) is 0. The highest BCUT2D eigenvalue weighted by molar-refractivity contribution is 6.06. The van der Waals surface area contributed by atoms with Gasteiger partial charge in [-0.2, -0.15) is 0 Å². The Morgan fingerprint density at radius 2 is 1.85 bits per heavy atom. The highest BCUT2D eigenvalue weighted by Crippen LogP contribution is 2.22. The minimum Gasteiger partial charge on any atom is -0.338 e. The molecule has 1 aliphatic heterocycles. The Labute approximate surface area is 157 Å². The summed E-state index contributed by atoms with van der Waals surface area (Å²) in [6.45, 7) is 6.76. The van der Waals surface area contributed by atoms with E-state index in [1.165, 1.54) is 0 Å². The molecular formula is C21H22N4O2. The van der Waals surface area contributed by atoms with Gasteiger partial charge in [0, 0.05) is 36.2 Å². The lowest BCUT2D eigenvalue weighted by Gasteiger charge is -2.21. The number of hydrogen-bond acceptors (Lipinski definition) is 4. The smallest absolute Gasteiger partial charge is 0.254 e. The third-order valence-electron chi connectivity index (χ3n) is 5.08. The molecule has 6 heteroatoms. The van der Waals surface area contributed by atoms with Crippen LogP contribution < -0.4 is 5.56 Å². The maximum absolute atomic E-state index is 13.3. The van der Waals surface area contributed by atoms with Crippen molar-refractivity contribution < 1.29 is 4.79 Å². The molecule has 0 atom stereocenters. The van der Waals surface area contributed by atoms with E-state index in [-0.39, 0.29) is 11.5 Å². The Morgan fingerprint density at radius 1 is 1.07 bits per heavy atom. The Kier molecular flexibility index (Phi) is 4.26. The van der Waals surface area contributed by atoms with Crippen molar-refractivity contribution in [2.75, 3.05) is 13.1 Å². The van der Waals surface area contributed by atoms with Crippen LogP contribution in [-0.2, 0) is 12.8 Å². The Balaban J connectivity index is 1.70. The van der Waals surface area contributed by atoms with Crippen molar-refractivity contribution in [1.82, 2.24) is 19.9 Å². The summed E-state index contributed by atoms with van der Waals surface area (Å²) < 4.78 is 0. The van der Waals surface area contributed by atoms with Gasteiger partial charge in [0.25, 0.3) is 11.5 Å². The number of rotatable bonds is 1. The monoisotopic (exact) mass is 362 g/mol. The molecule has 6 nitrogen and oxygen atoms in total. The fourth-order valence-electron chi connectivity index (χ4n) is 3.76. The van der Waals surface area contributed by atoms with E-state index >= 15 is 0 Å². The topological polar surface area (TPSA) is 79.0 Å². The number of benzene rings is 1. The number of hydrogen-bond donors (Lipinski definition) is 1. The zero-order valence-corrected chi connectivity index (χ0v) is 15.8. The quantitative estimate of drug-likeness (QED) is 0.721. The first kappa shape index (κ1) is 17.4. The maximum atomic E-state index is 13.3. The van der Waals surface area contributed by atoms with Gasteiger partial charge in [-0.3, -0.25) is 14.6 Å². The largest absolute Gasteiger partial charge is 0.338 e. The first-order valence-corrected chi connectivity index (χ1v) is 9.18. The molecule has 138 valence electrons. The highest BCUT2D eigenvalue weighted by atomic mass is 16.2. The van der Waals surface area contributed by atoms with Crippen molar-refractivity contribution in [3.63, 3.8) is 0 Å². The number of aryl methyl sites for hydroxylation is 3. The first-order chi connectivity index (χ1) is 12.9. The van der Waals surface area contributed by atoms with Crippen LogP contribution in [0.5, 0.6) is 0 Å². The lowest BCUT2D eigenvalue weighted by molar-refractivity contribution is 0.0764. The molecule has 1 aliphatic rings. The van der Waals surface area contributed by atoms with Gasteiger partial charge < -0.3 is 9.88 Å². The molecule has 0 fully saturated rings. The van der Waals surface area contributed by atoms with E-state index in [2.05, 4.69) is 15.0 Å². The number of aromatic nitrogens is 3. The number of pyridine rings is 1. The number of aromatic amines is 1. The number of nitrogens with one attached hydrogen (secondary N) is 1. The van der Waals surface area contributed by atoms with Gasteiger partial charge in [-0.05, 0) is 45.4 Å². The SMILES string of the molecule is Cc1ccc2nc(C)cc(C(=O)N3CCc4nc(C)[nH]c(=O)c4CC3)c2c1. The molecule has 1 amide bonds. The second-order valence-corrected chi connectivity index (χ2v) is 7.20. The molecule has 0 bridgehead atoms. The number of carbonyl (C=O) groups is 1. The van der Waals surface area contributed by atoms with Gasteiger partial charge >= 0.3 is 0 Å². The van der Waals surface area contributed by atoms with Crippen molar-refractivity contribution in [3.05, 3.63) is 68.5 Å². The van der Waals surface area contributed by atoms with E-state index in [0.29, 0.717) is 42.9 Å². The number of nitrogens with zero attached hydrogens (tertiary/aromatic N) is 3. The molecule has 0 saturated carbocycles. The van der Waals surface area contributed by atoms with Crippen molar-refractivity contribution in [2.45, 2.75) is 33.6 Å². The van der Waals surface area contributed by atoms with Crippen LogP contribution in [0.1, 0.15) is 38.7 Å². The van der Waals surface area contributed by atoms with E-state index in [1.54, 1.807) is 6.92 Å². The summed E-state index contributed by atoms with van der Waals surface area (Å²) in [5, 5.41) is 0.874. The first-order valence-electron chi connectivity index (χ1n) is 9.18. The summed E-state index contributed by atoms with van der Waals surface area (Å²) in [5.74, 6) is 0.599. The van der Waals surface area contributed by atoms with E-state index < -0.39 is 0 Å². The molecular weight excluding hydrogens is 340 g/mol. The second kappa shape index (κ2) is 6.61. The fraction of sp³-hybridized carbons (Fsp3) is 0.333. The Bertz CT molecular complexity index is 1120. The second-order valence-electron chi connectivity index (χ2n) is 7.20. The molecule has 0 radical (unpaired) electrons. The molecule has 1 aromatic carbocycles. The molecule has 3 heterocycles. The zero-order chi connectivity index (χ0) is 19.1. The summed E-state index contributed by atoms with van der Waals surface area (Å²) >= 11 is 0. The van der Waals surface area contributed by atoms with Crippen LogP contribution in [0, 0.1) is 20.8 Å². The molecule has 1 N–H and O–H groups in total. The summed E-state index contributed by atoms with van der Waals surface area (Å²) in [4.78, 5) is 39.2. The van der Waals surface area contributed by atoms with E-state index in [1.807, 2.05) is 43.0 Å². The van der Waals surface area contributed by atoms with Gasteiger partial charge in [-0.25, -0.2) is 4.98 Å². The number of carbonyl (C=O) groups excluding carboxylic acids is 1. The van der Waals surface area contributed by atoms with Crippen molar-refractivity contribution >= 4 is 16.8 Å². The number of H-pyrrole nitrogens is 1. The lowest BCUT2D eigenvalue weighted by Crippen LogP contribution is -2.33. The van der Waals surface area contributed by atoms with Gasteiger partial charge in [0.1, 0.15) is 5.82 Å². The minimum absolute atomic E-state index is 0.0166. The van der Waals surface area contributed by atoms with Crippen molar-refractivity contribution in [2.24, 2.45) is 0 Å². The van der Waals surface area contributed by atoms with Crippen LogP contribution >= 0.6 is 0 Å². The molecule has 0 spiro atoms. The van der Waals surface area contributed by atoms with Crippen LogP contribution in [0.15, 0.2) is 29.1 Å². The normalized spacial score (nSPS) is 14.1. The molecule has 0 unspecified atom stereocenters. The van der Waals surface area contributed by atoms with E-state index in [0.717, 1.165) is 27.9 Å². The molecule has 2 aromatic heterocycles. The predicted octanol–water partition coefficient (Wildman–Crippen LogP) is 2.48. The van der Waals surface area contributed by atoms with Crippen molar-refractivity contribution in [1.29, 1.82) is 0 Å². The molecule has 0 saturated heterocycles. The minimum atomic E-state index is -0.0902. The van der Waals surface area contributed by atoms with Crippen LogP contribution in [0.25, 0.3) is 10.9 Å². The van der Waals surface area contributed by atoms with Gasteiger partial charge in [0.05, 0.1) is 16.8 Å². The average molecular weight is 362 g/mol. The van der Waals surface area contributed by atoms with Gasteiger partial charge in [0.2, 0.25) is 0 Å².